The van der Waals surface area contributed by atoms with Crippen LogP contribution in [0.2, 0.25) is 0 Å². The minimum absolute atomic E-state index is 0.190. The zero-order chi connectivity index (χ0) is 13.8. The lowest BCUT2D eigenvalue weighted by Crippen LogP contribution is -2.36. The van der Waals surface area contributed by atoms with Crippen LogP contribution in [0.4, 0.5) is 8.78 Å². The Morgan fingerprint density at radius 3 is 2.63 bits per heavy atom. The zero-order valence-corrected chi connectivity index (χ0v) is 11.2. The van der Waals surface area contributed by atoms with Crippen molar-refractivity contribution in [1.29, 1.82) is 0 Å². The summed E-state index contributed by atoms with van der Waals surface area (Å²) in [5.41, 5.74) is -0.237. The van der Waals surface area contributed by atoms with Gasteiger partial charge in [0.15, 0.2) is 0 Å². The lowest BCUT2D eigenvalue weighted by molar-refractivity contribution is 0.153. The summed E-state index contributed by atoms with van der Waals surface area (Å²) in [7, 11) is 0. The average molecular weight is 269 g/mol. The summed E-state index contributed by atoms with van der Waals surface area (Å²) in [5.74, 6) is -0.703. The van der Waals surface area contributed by atoms with E-state index < -0.39 is 17.7 Å². The Bertz CT molecular complexity index is 404. The number of aliphatic hydroxyl groups excluding tert-OH is 1. The van der Waals surface area contributed by atoms with Crippen molar-refractivity contribution in [2.45, 2.75) is 44.8 Å². The van der Waals surface area contributed by atoms with Crippen molar-refractivity contribution in [3.63, 3.8) is 0 Å². The maximum absolute atomic E-state index is 13.5. The molecule has 2 N–H and O–H groups in total. The van der Waals surface area contributed by atoms with Gasteiger partial charge in [-0.15, -0.1) is 0 Å². The van der Waals surface area contributed by atoms with Crippen LogP contribution in [0.1, 0.15) is 44.3 Å². The second-order valence-electron chi connectivity index (χ2n) is 5.53. The maximum atomic E-state index is 13.5. The summed E-state index contributed by atoms with van der Waals surface area (Å²) in [6.07, 6.45) is 3.40. The highest BCUT2D eigenvalue weighted by Crippen LogP contribution is 2.25. The Hall–Kier alpha value is -1.00. The first-order valence-electron chi connectivity index (χ1n) is 6.93. The monoisotopic (exact) mass is 269 g/mol. The average Bonchev–Trinajstić information content (AvgIpc) is 2.36. The van der Waals surface area contributed by atoms with Crippen LogP contribution in [0, 0.1) is 17.6 Å². The summed E-state index contributed by atoms with van der Waals surface area (Å²) in [4.78, 5) is 0. The third-order valence-corrected chi connectivity index (χ3v) is 3.87. The predicted molar refractivity (Wildman–Crippen MR) is 70.7 cm³/mol. The lowest BCUT2D eigenvalue weighted by Gasteiger charge is -2.28. The molecule has 3 unspecified atom stereocenters. The van der Waals surface area contributed by atoms with E-state index in [1.54, 1.807) is 0 Å². The van der Waals surface area contributed by atoms with E-state index >= 15 is 0 Å². The zero-order valence-electron chi connectivity index (χ0n) is 11.2. The molecule has 1 aromatic carbocycles. The topological polar surface area (TPSA) is 32.3 Å². The van der Waals surface area contributed by atoms with Crippen LogP contribution in [0.15, 0.2) is 18.2 Å². The van der Waals surface area contributed by atoms with Crippen LogP contribution in [0.25, 0.3) is 0 Å². The van der Waals surface area contributed by atoms with E-state index in [-0.39, 0.29) is 12.1 Å². The van der Waals surface area contributed by atoms with Crippen molar-refractivity contribution in [3.05, 3.63) is 35.4 Å². The standard InChI is InChI=1S/C15H21F2NO/c1-10-4-2-5-11(8-10)18-9-14(19)15-12(16)6-3-7-13(15)17/h3,6-7,10-11,14,18-19H,2,4-5,8-9H2,1H3. The van der Waals surface area contributed by atoms with Gasteiger partial charge in [0.25, 0.3) is 0 Å². The summed E-state index contributed by atoms with van der Waals surface area (Å²) >= 11 is 0. The smallest absolute Gasteiger partial charge is 0.131 e. The lowest BCUT2D eigenvalue weighted by atomic mass is 9.87. The van der Waals surface area contributed by atoms with Crippen molar-refractivity contribution in [2.75, 3.05) is 6.54 Å². The molecule has 0 aliphatic heterocycles. The number of halogens is 2. The van der Waals surface area contributed by atoms with Crippen molar-refractivity contribution < 1.29 is 13.9 Å². The van der Waals surface area contributed by atoms with Crippen molar-refractivity contribution in [2.24, 2.45) is 5.92 Å². The van der Waals surface area contributed by atoms with E-state index in [1.807, 2.05) is 0 Å². The first-order chi connectivity index (χ1) is 9.08. The summed E-state index contributed by atoms with van der Waals surface area (Å²) in [6, 6.07) is 3.99. The molecule has 0 heterocycles. The molecule has 0 radical (unpaired) electrons. The molecule has 106 valence electrons. The first-order valence-corrected chi connectivity index (χ1v) is 6.93. The molecule has 1 fully saturated rings. The van der Waals surface area contributed by atoms with Gasteiger partial charge < -0.3 is 10.4 Å². The van der Waals surface area contributed by atoms with Crippen LogP contribution in [-0.2, 0) is 0 Å². The fraction of sp³-hybridized carbons (Fsp3) is 0.600. The maximum Gasteiger partial charge on any atom is 0.131 e. The molecular formula is C15H21F2NO. The van der Waals surface area contributed by atoms with Crippen LogP contribution in [0.3, 0.4) is 0 Å². The third-order valence-electron chi connectivity index (χ3n) is 3.87. The van der Waals surface area contributed by atoms with E-state index in [0.29, 0.717) is 12.0 Å². The van der Waals surface area contributed by atoms with Gasteiger partial charge >= 0.3 is 0 Å². The van der Waals surface area contributed by atoms with E-state index in [0.717, 1.165) is 12.8 Å². The van der Waals surface area contributed by atoms with Gasteiger partial charge in [-0.05, 0) is 30.9 Å². The molecule has 2 rings (SSSR count). The molecule has 1 saturated carbocycles. The second kappa shape index (κ2) is 6.44. The number of nitrogens with one attached hydrogen (secondary N) is 1. The summed E-state index contributed by atoms with van der Waals surface area (Å²) in [5, 5.41) is 13.2. The predicted octanol–water partition coefficient (Wildman–Crippen LogP) is 3.17. The molecule has 4 heteroatoms. The molecule has 0 bridgehead atoms. The van der Waals surface area contributed by atoms with Gasteiger partial charge in [-0.25, -0.2) is 8.78 Å². The highest BCUT2D eigenvalue weighted by molar-refractivity contribution is 5.22. The Morgan fingerprint density at radius 2 is 2.00 bits per heavy atom. The molecule has 3 atom stereocenters. The number of hydrogen-bond acceptors (Lipinski definition) is 2. The Morgan fingerprint density at radius 1 is 1.32 bits per heavy atom. The highest BCUT2D eigenvalue weighted by Gasteiger charge is 2.22. The molecule has 2 nitrogen and oxygen atoms in total. The van der Waals surface area contributed by atoms with E-state index in [2.05, 4.69) is 12.2 Å². The minimum Gasteiger partial charge on any atom is -0.387 e. The van der Waals surface area contributed by atoms with E-state index in [4.69, 9.17) is 0 Å². The Balaban J connectivity index is 1.92. The Labute approximate surface area is 112 Å². The molecule has 0 amide bonds. The largest absolute Gasteiger partial charge is 0.387 e. The fourth-order valence-corrected chi connectivity index (χ4v) is 2.83. The molecule has 0 aromatic heterocycles. The Kier molecular flexibility index (Phi) is 4.88. The SMILES string of the molecule is CC1CCCC(NCC(O)c2c(F)cccc2F)C1. The molecule has 19 heavy (non-hydrogen) atoms. The van der Waals surface area contributed by atoms with E-state index in [1.165, 1.54) is 31.0 Å². The van der Waals surface area contributed by atoms with Gasteiger partial charge in [0.2, 0.25) is 0 Å². The summed E-state index contributed by atoms with van der Waals surface area (Å²) < 4.78 is 27.0. The van der Waals surface area contributed by atoms with Gasteiger partial charge in [0, 0.05) is 12.6 Å². The second-order valence-corrected chi connectivity index (χ2v) is 5.53. The number of benzene rings is 1. The van der Waals surface area contributed by atoms with Crippen LogP contribution in [0.5, 0.6) is 0 Å². The normalized spacial score (nSPS) is 25.3. The van der Waals surface area contributed by atoms with E-state index in [9.17, 15) is 13.9 Å². The van der Waals surface area contributed by atoms with Gasteiger partial charge in [0.05, 0.1) is 11.7 Å². The van der Waals surface area contributed by atoms with Gasteiger partial charge in [-0.1, -0.05) is 25.8 Å². The fourth-order valence-electron chi connectivity index (χ4n) is 2.83. The molecular weight excluding hydrogens is 248 g/mol. The van der Waals surface area contributed by atoms with Crippen LogP contribution in [-0.4, -0.2) is 17.7 Å². The first kappa shape index (κ1) is 14.4. The molecule has 1 aromatic rings. The van der Waals surface area contributed by atoms with Crippen LogP contribution < -0.4 is 5.32 Å². The molecule has 0 spiro atoms. The molecule has 0 saturated heterocycles. The third kappa shape index (κ3) is 3.74. The number of aliphatic hydroxyl groups is 1. The van der Waals surface area contributed by atoms with Gasteiger partial charge in [-0.3, -0.25) is 0 Å². The number of rotatable bonds is 4. The minimum atomic E-state index is -1.14. The van der Waals surface area contributed by atoms with Crippen molar-refractivity contribution >= 4 is 0 Å². The summed E-state index contributed by atoms with van der Waals surface area (Å²) in [6.45, 7) is 2.40. The van der Waals surface area contributed by atoms with Crippen LogP contribution >= 0.6 is 0 Å². The van der Waals surface area contributed by atoms with Gasteiger partial charge in [0.1, 0.15) is 11.6 Å². The van der Waals surface area contributed by atoms with Crippen molar-refractivity contribution in [1.82, 2.24) is 5.32 Å². The quantitative estimate of drug-likeness (QED) is 0.880. The molecule has 1 aliphatic rings. The van der Waals surface area contributed by atoms with Crippen molar-refractivity contribution in [3.8, 4) is 0 Å². The highest BCUT2D eigenvalue weighted by atomic mass is 19.1. The molecule has 1 aliphatic carbocycles. The number of hydrogen-bond donors (Lipinski definition) is 2. The van der Waals surface area contributed by atoms with Gasteiger partial charge in [-0.2, -0.15) is 0 Å².